The van der Waals surface area contributed by atoms with Crippen LogP contribution < -0.4 is 5.32 Å². The third-order valence-electron chi connectivity index (χ3n) is 3.02. The Bertz CT molecular complexity index is 253. The molecule has 92 valence electrons. The van der Waals surface area contributed by atoms with Gasteiger partial charge in [-0.2, -0.15) is 0 Å². The van der Waals surface area contributed by atoms with E-state index in [1.165, 1.54) is 12.8 Å². The molecule has 4 nitrogen and oxygen atoms in total. The van der Waals surface area contributed by atoms with Gasteiger partial charge in [-0.1, -0.05) is 26.2 Å². The fourth-order valence-electron chi connectivity index (χ4n) is 2.03. The molecular formula is C12H22N2O2. The minimum absolute atomic E-state index is 0.0168. The number of hydrogen-bond acceptors (Lipinski definition) is 2. The van der Waals surface area contributed by atoms with Gasteiger partial charge in [-0.15, -0.1) is 0 Å². The van der Waals surface area contributed by atoms with Crippen LogP contribution in [-0.2, 0) is 9.59 Å². The van der Waals surface area contributed by atoms with E-state index in [0.29, 0.717) is 6.42 Å². The second kappa shape index (κ2) is 6.51. The second-order valence-electron chi connectivity index (χ2n) is 4.48. The predicted octanol–water partition coefficient (Wildman–Crippen LogP) is 1.30. The van der Waals surface area contributed by atoms with Crippen LogP contribution in [0, 0.1) is 0 Å². The first kappa shape index (κ1) is 13.0. The summed E-state index contributed by atoms with van der Waals surface area (Å²) < 4.78 is 0. The number of nitrogens with zero attached hydrogens (tertiary/aromatic N) is 1. The van der Waals surface area contributed by atoms with Crippen LogP contribution in [0.15, 0.2) is 0 Å². The van der Waals surface area contributed by atoms with Gasteiger partial charge in [0.15, 0.2) is 0 Å². The normalized spacial score (nSPS) is 21.9. The summed E-state index contributed by atoms with van der Waals surface area (Å²) >= 11 is 0. The Morgan fingerprint density at radius 3 is 2.75 bits per heavy atom. The van der Waals surface area contributed by atoms with E-state index in [4.69, 9.17) is 0 Å². The first-order chi connectivity index (χ1) is 7.65. The summed E-state index contributed by atoms with van der Waals surface area (Å²) in [4.78, 5) is 24.9. The zero-order valence-corrected chi connectivity index (χ0v) is 10.3. The molecule has 1 fully saturated rings. The third kappa shape index (κ3) is 3.83. The first-order valence-corrected chi connectivity index (χ1v) is 6.21. The molecule has 1 saturated heterocycles. The van der Waals surface area contributed by atoms with Crippen LogP contribution in [0.5, 0.6) is 0 Å². The van der Waals surface area contributed by atoms with Crippen molar-refractivity contribution in [2.24, 2.45) is 0 Å². The van der Waals surface area contributed by atoms with E-state index in [0.717, 1.165) is 19.4 Å². The SMILES string of the molecule is CCCCCCN1C(=O)CNC(=O)CC1C. The molecule has 1 atom stereocenters. The maximum atomic E-state index is 11.7. The topological polar surface area (TPSA) is 49.4 Å². The predicted molar refractivity (Wildman–Crippen MR) is 62.9 cm³/mol. The van der Waals surface area contributed by atoms with Crippen LogP contribution >= 0.6 is 0 Å². The molecule has 1 unspecified atom stereocenters. The molecule has 0 spiro atoms. The van der Waals surface area contributed by atoms with Crippen LogP contribution in [0.4, 0.5) is 0 Å². The van der Waals surface area contributed by atoms with Gasteiger partial charge in [-0.05, 0) is 13.3 Å². The molecule has 0 aromatic rings. The highest BCUT2D eigenvalue weighted by atomic mass is 16.2. The molecule has 2 amide bonds. The summed E-state index contributed by atoms with van der Waals surface area (Å²) in [6.07, 6.45) is 5.04. The molecule has 1 heterocycles. The number of amides is 2. The summed E-state index contributed by atoms with van der Waals surface area (Å²) in [6, 6.07) is 0.0385. The molecule has 0 saturated carbocycles. The van der Waals surface area contributed by atoms with Crippen molar-refractivity contribution in [2.45, 2.75) is 52.0 Å². The Hall–Kier alpha value is -1.06. The van der Waals surface area contributed by atoms with Gasteiger partial charge in [0.25, 0.3) is 0 Å². The fraction of sp³-hybridized carbons (Fsp3) is 0.833. The third-order valence-corrected chi connectivity index (χ3v) is 3.02. The minimum Gasteiger partial charge on any atom is -0.347 e. The van der Waals surface area contributed by atoms with Crippen molar-refractivity contribution in [1.29, 1.82) is 0 Å². The van der Waals surface area contributed by atoms with E-state index in [1.807, 2.05) is 11.8 Å². The van der Waals surface area contributed by atoms with E-state index in [-0.39, 0.29) is 24.4 Å². The average molecular weight is 226 g/mol. The Morgan fingerprint density at radius 1 is 1.31 bits per heavy atom. The number of rotatable bonds is 5. The first-order valence-electron chi connectivity index (χ1n) is 6.21. The summed E-state index contributed by atoms with van der Waals surface area (Å²) in [5.41, 5.74) is 0. The Morgan fingerprint density at radius 2 is 2.06 bits per heavy atom. The van der Waals surface area contributed by atoms with E-state index in [2.05, 4.69) is 12.2 Å². The molecule has 1 N–H and O–H groups in total. The van der Waals surface area contributed by atoms with Gasteiger partial charge >= 0.3 is 0 Å². The highest BCUT2D eigenvalue weighted by Gasteiger charge is 2.25. The molecule has 0 aromatic heterocycles. The molecule has 0 radical (unpaired) electrons. The van der Waals surface area contributed by atoms with Gasteiger partial charge in [0, 0.05) is 19.0 Å². The van der Waals surface area contributed by atoms with Gasteiger partial charge in [0.05, 0.1) is 6.54 Å². The number of hydrogen-bond donors (Lipinski definition) is 1. The summed E-state index contributed by atoms with van der Waals surface area (Å²) in [5, 5.41) is 2.63. The van der Waals surface area contributed by atoms with Gasteiger partial charge in [-0.25, -0.2) is 0 Å². The lowest BCUT2D eigenvalue weighted by Crippen LogP contribution is -2.40. The molecule has 1 rings (SSSR count). The lowest BCUT2D eigenvalue weighted by atomic mass is 10.1. The summed E-state index contributed by atoms with van der Waals surface area (Å²) in [6.45, 7) is 5.07. The van der Waals surface area contributed by atoms with Crippen molar-refractivity contribution < 1.29 is 9.59 Å². The van der Waals surface area contributed by atoms with Crippen LogP contribution in [0.2, 0.25) is 0 Å². The fourth-order valence-corrected chi connectivity index (χ4v) is 2.03. The monoisotopic (exact) mass is 226 g/mol. The number of unbranched alkanes of at least 4 members (excludes halogenated alkanes) is 3. The quantitative estimate of drug-likeness (QED) is 0.718. The standard InChI is InChI=1S/C12H22N2O2/c1-3-4-5-6-7-14-10(2)8-11(15)13-9-12(14)16/h10H,3-9H2,1-2H3,(H,13,15). The van der Waals surface area contributed by atoms with E-state index in [9.17, 15) is 9.59 Å². The smallest absolute Gasteiger partial charge is 0.242 e. The average Bonchev–Trinajstić information content (AvgIpc) is 2.36. The van der Waals surface area contributed by atoms with Crippen molar-refractivity contribution in [2.75, 3.05) is 13.1 Å². The molecule has 0 bridgehead atoms. The maximum absolute atomic E-state index is 11.7. The van der Waals surface area contributed by atoms with Crippen LogP contribution in [0.3, 0.4) is 0 Å². The van der Waals surface area contributed by atoms with Crippen LogP contribution in [-0.4, -0.2) is 35.8 Å². The second-order valence-corrected chi connectivity index (χ2v) is 4.48. The largest absolute Gasteiger partial charge is 0.347 e. The highest BCUT2D eigenvalue weighted by molar-refractivity contribution is 5.87. The lowest BCUT2D eigenvalue weighted by molar-refractivity contribution is -0.131. The van der Waals surface area contributed by atoms with Gasteiger partial charge in [0.2, 0.25) is 11.8 Å². The van der Waals surface area contributed by atoms with E-state index >= 15 is 0 Å². The lowest BCUT2D eigenvalue weighted by Gasteiger charge is -2.26. The minimum atomic E-state index is -0.0168. The number of carbonyl (C=O) groups is 2. The molecule has 0 aromatic carbocycles. The molecular weight excluding hydrogens is 204 g/mol. The van der Waals surface area contributed by atoms with Crippen LogP contribution in [0.1, 0.15) is 46.0 Å². The van der Waals surface area contributed by atoms with Crippen molar-refractivity contribution >= 4 is 11.8 Å². The van der Waals surface area contributed by atoms with Crippen LogP contribution in [0.25, 0.3) is 0 Å². The van der Waals surface area contributed by atoms with Gasteiger partial charge in [0.1, 0.15) is 0 Å². The van der Waals surface area contributed by atoms with Crippen molar-refractivity contribution in [3.8, 4) is 0 Å². The van der Waals surface area contributed by atoms with Crippen molar-refractivity contribution in [1.82, 2.24) is 10.2 Å². The molecule has 0 aliphatic carbocycles. The maximum Gasteiger partial charge on any atom is 0.242 e. The van der Waals surface area contributed by atoms with Crippen molar-refractivity contribution in [3.63, 3.8) is 0 Å². The summed E-state index contributed by atoms with van der Waals surface area (Å²) in [5.74, 6) is 0.0340. The molecule has 1 aliphatic rings. The molecule has 16 heavy (non-hydrogen) atoms. The van der Waals surface area contributed by atoms with Crippen molar-refractivity contribution in [3.05, 3.63) is 0 Å². The summed E-state index contributed by atoms with van der Waals surface area (Å²) in [7, 11) is 0. The Labute approximate surface area is 97.4 Å². The Balaban J connectivity index is 2.41. The highest BCUT2D eigenvalue weighted by Crippen LogP contribution is 2.10. The van der Waals surface area contributed by atoms with E-state index in [1.54, 1.807) is 0 Å². The zero-order valence-electron chi connectivity index (χ0n) is 10.3. The van der Waals surface area contributed by atoms with E-state index < -0.39 is 0 Å². The Kier molecular flexibility index (Phi) is 5.29. The zero-order chi connectivity index (χ0) is 12.0. The molecule has 1 aliphatic heterocycles. The number of nitrogens with one attached hydrogen (secondary N) is 1. The number of carbonyl (C=O) groups excluding carboxylic acids is 2. The molecule has 4 heteroatoms. The van der Waals surface area contributed by atoms with Gasteiger partial charge < -0.3 is 10.2 Å². The van der Waals surface area contributed by atoms with Gasteiger partial charge in [-0.3, -0.25) is 9.59 Å².